The average Bonchev–Trinajstić information content (AvgIpc) is 2.63. The van der Waals surface area contributed by atoms with Crippen LogP contribution in [-0.4, -0.2) is 10.2 Å². The van der Waals surface area contributed by atoms with E-state index >= 15 is 0 Å². The molecule has 0 bridgehead atoms. The lowest BCUT2D eigenvalue weighted by Gasteiger charge is -2.12. The number of alkyl halides is 3. The standard InChI is InChI=1S/C10H7ClF3N3/c11-5-1-2-6(7(3-5)10(12,13)14)9-8(15)4-16-17-9/h1-4H,15H2,(H,16,17). The minimum atomic E-state index is -4.50. The fourth-order valence-electron chi connectivity index (χ4n) is 1.48. The Morgan fingerprint density at radius 3 is 2.53 bits per heavy atom. The summed E-state index contributed by atoms with van der Waals surface area (Å²) in [6, 6.07) is 3.48. The van der Waals surface area contributed by atoms with Crippen molar-refractivity contribution in [2.45, 2.75) is 6.18 Å². The van der Waals surface area contributed by atoms with Crippen LogP contribution in [0.5, 0.6) is 0 Å². The molecule has 2 aromatic rings. The van der Waals surface area contributed by atoms with Crippen molar-refractivity contribution in [2.75, 3.05) is 5.73 Å². The van der Waals surface area contributed by atoms with Crippen LogP contribution in [0.1, 0.15) is 5.56 Å². The smallest absolute Gasteiger partial charge is 0.396 e. The molecule has 0 aliphatic carbocycles. The van der Waals surface area contributed by atoms with E-state index in [1.165, 1.54) is 18.3 Å². The molecule has 0 saturated heterocycles. The third-order valence-electron chi connectivity index (χ3n) is 2.23. The molecule has 0 fully saturated rings. The van der Waals surface area contributed by atoms with Crippen LogP contribution in [0.2, 0.25) is 5.02 Å². The van der Waals surface area contributed by atoms with E-state index in [1.54, 1.807) is 0 Å². The number of nitrogen functional groups attached to an aromatic ring is 1. The van der Waals surface area contributed by atoms with Gasteiger partial charge in [0.05, 0.1) is 23.1 Å². The summed E-state index contributed by atoms with van der Waals surface area (Å²) in [5.74, 6) is 0. The van der Waals surface area contributed by atoms with Crippen LogP contribution in [0.3, 0.4) is 0 Å². The number of hydrogen-bond donors (Lipinski definition) is 2. The highest BCUT2D eigenvalue weighted by Gasteiger charge is 2.34. The maximum atomic E-state index is 12.8. The van der Waals surface area contributed by atoms with Gasteiger partial charge in [0.1, 0.15) is 0 Å². The first-order chi connectivity index (χ1) is 7.89. The van der Waals surface area contributed by atoms with E-state index < -0.39 is 11.7 Å². The van der Waals surface area contributed by atoms with Crippen LogP contribution in [0.15, 0.2) is 24.4 Å². The normalized spacial score (nSPS) is 11.8. The van der Waals surface area contributed by atoms with E-state index in [2.05, 4.69) is 10.2 Å². The zero-order valence-corrected chi connectivity index (χ0v) is 9.10. The molecule has 0 aliphatic rings. The van der Waals surface area contributed by atoms with E-state index in [0.29, 0.717) is 0 Å². The predicted molar refractivity (Wildman–Crippen MR) is 58.4 cm³/mol. The Labute approximate surface area is 99.4 Å². The molecule has 0 spiro atoms. The van der Waals surface area contributed by atoms with Crippen molar-refractivity contribution in [3.63, 3.8) is 0 Å². The highest BCUT2D eigenvalue weighted by molar-refractivity contribution is 6.30. The van der Waals surface area contributed by atoms with Crippen molar-refractivity contribution in [3.8, 4) is 11.3 Å². The zero-order valence-electron chi connectivity index (χ0n) is 8.35. The number of nitrogens with one attached hydrogen (secondary N) is 1. The van der Waals surface area contributed by atoms with Gasteiger partial charge in [0.15, 0.2) is 0 Å². The number of nitrogens with two attached hydrogens (primary N) is 1. The first-order valence-corrected chi connectivity index (χ1v) is 4.93. The second-order valence-corrected chi connectivity index (χ2v) is 3.82. The van der Waals surface area contributed by atoms with Gasteiger partial charge in [-0.15, -0.1) is 0 Å². The number of anilines is 1. The molecule has 0 aliphatic heterocycles. The van der Waals surface area contributed by atoms with Crippen molar-refractivity contribution in [1.29, 1.82) is 0 Å². The Hall–Kier alpha value is -1.69. The maximum Gasteiger partial charge on any atom is 0.417 e. The number of rotatable bonds is 1. The topological polar surface area (TPSA) is 54.7 Å². The van der Waals surface area contributed by atoms with Gasteiger partial charge < -0.3 is 5.73 Å². The Bertz CT molecular complexity index is 548. The van der Waals surface area contributed by atoms with Gasteiger partial charge in [-0.25, -0.2) is 0 Å². The molecule has 3 nitrogen and oxygen atoms in total. The zero-order chi connectivity index (χ0) is 12.6. The van der Waals surface area contributed by atoms with Crippen molar-refractivity contribution < 1.29 is 13.2 Å². The van der Waals surface area contributed by atoms with Crippen molar-refractivity contribution >= 4 is 17.3 Å². The summed E-state index contributed by atoms with van der Waals surface area (Å²) in [5.41, 5.74) is 4.89. The average molecular weight is 262 g/mol. The van der Waals surface area contributed by atoms with Crippen molar-refractivity contribution in [3.05, 3.63) is 35.0 Å². The summed E-state index contributed by atoms with van der Waals surface area (Å²) < 4.78 is 38.5. The van der Waals surface area contributed by atoms with E-state index in [0.717, 1.165) is 6.07 Å². The largest absolute Gasteiger partial charge is 0.417 e. The molecule has 0 radical (unpaired) electrons. The highest BCUT2D eigenvalue weighted by atomic mass is 35.5. The number of H-pyrrole nitrogens is 1. The lowest BCUT2D eigenvalue weighted by Crippen LogP contribution is -2.07. The SMILES string of the molecule is Nc1cn[nH]c1-c1ccc(Cl)cc1C(F)(F)F. The molecule has 3 N–H and O–H groups in total. The van der Waals surface area contributed by atoms with Crippen LogP contribution in [-0.2, 0) is 6.18 Å². The third-order valence-corrected chi connectivity index (χ3v) is 2.46. The Kier molecular flexibility index (Phi) is 2.74. The fourth-order valence-corrected chi connectivity index (χ4v) is 1.65. The third kappa shape index (κ3) is 2.21. The summed E-state index contributed by atoms with van der Waals surface area (Å²) in [5, 5.41) is 6.04. The number of hydrogen-bond acceptors (Lipinski definition) is 2. The van der Waals surface area contributed by atoms with Crippen molar-refractivity contribution in [1.82, 2.24) is 10.2 Å². The van der Waals surface area contributed by atoms with Crippen LogP contribution in [0.4, 0.5) is 18.9 Å². The van der Waals surface area contributed by atoms with Gasteiger partial charge in [-0.1, -0.05) is 17.7 Å². The summed E-state index contributed by atoms with van der Waals surface area (Å²) in [6.45, 7) is 0. The molecule has 1 heterocycles. The van der Waals surface area contributed by atoms with Gasteiger partial charge in [-0.05, 0) is 12.1 Å². The van der Waals surface area contributed by atoms with Gasteiger partial charge in [-0.2, -0.15) is 18.3 Å². The summed E-state index contributed by atoms with van der Waals surface area (Å²) in [7, 11) is 0. The molecule has 0 saturated carbocycles. The number of nitrogens with zero attached hydrogens (tertiary/aromatic N) is 1. The first kappa shape index (κ1) is 11.8. The molecule has 17 heavy (non-hydrogen) atoms. The summed E-state index contributed by atoms with van der Waals surface area (Å²) >= 11 is 5.57. The lowest BCUT2D eigenvalue weighted by atomic mass is 10.0. The number of aromatic amines is 1. The van der Waals surface area contributed by atoms with Gasteiger partial charge >= 0.3 is 6.18 Å². The number of aromatic nitrogens is 2. The van der Waals surface area contributed by atoms with E-state index in [9.17, 15) is 13.2 Å². The molecular weight excluding hydrogens is 255 g/mol. The van der Waals surface area contributed by atoms with Crippen LogP contribution >= 0.6 is 11.6 Å². The van der Waals surface area contributed by atoms with Crippen LogP contribution in [0.25, 0.3) is 11.3 Å². The van der Waals surface area contributed by atoms with E-state index in [4.69, 9.17) is 17.3 Å². The molecule has 1 aromatic carbocycles. The van der Waals surface area contributed by atoms with Crippen LogP contribution in [0, 0.1) is 0 Å². The molecule has 7 heteroatoms. The van der Waals surface area contributed by atoms with Crippen LogP contribution < -0.4 is 5.73 Å². The molecule has 0 atom stereocenters. The predicted octanol–water partition coefficient (Wildman–Crippen LogP) is 3.33. The molecular formula is C10H7ClF3N3. The Morgan fingerprint density at radius 1 is 1.29 bits per heavy atom. The Morgan fingerprint density at radius 2 is 2.00 bits per heavy atom. The van der Waals surface area contributed by atoms with E-state index in [-0.39, 0.29) is 22.0 Å². The highest BCUT2D eigenvalue weighted by Crippen LogP contribution is 2.39. The van der Waals surface area contributed by atoms with Gasteiger partial charge in [-0.3, -0.25) is 5.10 Å². The quantitative estimate of drug-likeness (QED) is 0.827. The summed E-state index contributed by atoms with van der Waals surface area (Å²) in [6.07, 6.45) is -3.25. The number of benzene rings is 1. The van der Waals surface area contributed by atoms with Gasteiger partial charge in [0.25, 0.3) is 0 Å². The lowest BCUT2D eigenvalue weighted by molar-refractivity contribution is -0.137. The summed E-state index contributed by atoms with van der Waals surface area (Å²) in [4.78, 5) is 0. The molecule has 2 rings (SSSR count). The second-order valence-electron chi connectivity index (χ2n) is 3.39. The van der Waals surface area contributed by atoms with Gasteiger partial charge in [0, 0.05) is 10.6 Å². The monoisotopic (exact) mass is 261 g/mol. The minimum absolute atomic E-state index is 0.0131. The second kappa shape index (κ2) is 3.96. The maximum absolute atomic E-state index is 12.8. The van der Waals surface area contributed by atoms with Gasteiger partial charge in [0.2, 0.25) is 0 Å². The molecule has 90 valence electrons. The van der Waals surface area contributed by atoms with E-state index in [1.807, 2.05) is 0 Å². The molecule has 1 aromatic heterocycles. The fraction of sp³-hybridized carbons (Fsp3) is 0.100. The Balaban J connectivity index is 2.67. The number of halogens is 4. The first-order valence-electron chi connectivity index (χ1n) is 4.55. The molecule has 0 amide bonds. The minimum Gasteiger partial charge on any atom is -0.396 e. The molecule has 0 unspecified atom stereocenters. The van der Waals surface area contributed by atoms with Crippen molar-refractivity contribution in [2.24, 2.45) is 0 Å².